The Kier molecular flexibility index (Phi) is 5.22. The van der Waals surface area contributed by atoms with Gasteiger partial charge in [-0.15, -0.1) is 0 Å². The van der Waals surface area contributed by atoms with Gasteiger partial charge in [-0.2, -0.15) is 0 Å². The van der Waals surface area contributed by atoms with E-state index in [9.17, 15) is 14.4 Å². The summed E-state index contributed by atoms with van der Waals surface area (Å²) in [4.78, 5) is 42.2. The number of carbonyl (C=O) groups is 1. The molecule has 2 bridgehead atoms. The molecule has 7 heteroatoms. The molecule has 4 heterocycles. The highest BCUT2D eigenvalue weighted by atomic mass is 16.2. The van der Waals surface area contributed by atoms with Gasteiger partial charge in [0.05, 0.1) is 0 Å². The Bertz CT molecular complexity index is 775. The first-order chi connectivity index (χ1) is 11.9. The van der Waals surface area contributed by atoms with Gasteiger partial charge in [-0.1, -0.05) is 11.6 Å². The van der Waals surface area contributed by atoms with Crippen molar-refractivity contribution in [2.45, 2.75) is 39.3 Å². The number of nitrogens with one attached hydrogen (secondary N) is 1. The van der Waals surface area contributed by atoms with Crippen molar-refractivity contribution in [3.8, 4) is 0 Å². The van der Waals surface area contributed by atoms with Crippen LogP contribution >= 0.6 is 0 Å². The first-order valence-electron chi connectivity index (χ1n) is 8.87. The normalized spacial score (nSPS) is 23.4. The zero-order chi connectivity index (χ0) is 18.0. The van der Waals surface area contributed by atoms with Gasteiger partial charge in [-0.3, -0.25) is 24.0 Å². The third-order valence-electron chi connectivity index (χ3n) is 5.12. The van der Waals surface area contributed by atoms with Crippen LogP contribution in [0.5, 0.6) is 0 Å². The molecule has 0 spiro atoms. The van der Waals surface area contributed by atoms with E-state index in [-0.39, 0.29) is 12.5 Å². The molecular formula is C18H26N4O3. The Morgan fingerprint density at radius 1 is 1.24 bits per heavy atom. The monoisotopic (exact) mass is 346 g/mol. The predicted octanol–water partition coefficient (Wildman–Crippen LogP) is 0.426. The smallest absolute Gasteiger partial charge is 0.328 e. The van der Waals surface area contributed by atoms with Crippen molar-refractivity contribution in [2.24, 2.45) is 5.92 Å². The average Bonchev–Trinajstić information content (AvgIpc) is 2.87. The van der Waals surface area contributed by atoms with E-state index < -0.39 is 11.2 Å². The SMILES string of the molecule is CC(C)=CCN1C[C@H]2CC[C@@H]1CN(C(=O)Cn1ccc(=O)[nH]c1=O)C2. The fourth-order valence-corrected chi connectivity index (χ4v) is 3.72. The highest BCUT2D eigenvalue weighted by Crippen LogP contribution is 2.28. The van der Waals surface area contributed by atoms with Gasteiger partial charge in [-0.05, 0) is 32.6 Å². The summed E-state index contributed by atoms with van der Waals surface area (Å²) < 4.78 is 1.26. The Morgan fingerprint density at radius 3 is 2.76 bits per heavy atom. The lowest BCUT2D eigenvalue weighted by Gasteiger charge is -2.35. The molecule has 1 aromatic heterocycles. The number of allylic oxidation sites excluding steroid dienone is 1. The number of rotatable bonds is 4. The molecule has 0 radical (unpaired) electrons. The van der Waals surface area contributed by atoms with Crippen molar-refractivity contribution >= 4 is 5.91 Å². The maximum absolute atomic E-state index is 12.7. The highest BCUT2D eigenvalue weighted by Gasteiger charge is 2.35. The van der Waals surface area contributed by atoms with Crippen molar-refractivity contribution in [2.75, 3.05) is 26.2 Å². The summed E-state index contributed by atoms with van der Waals surface area (Å²) in [6.45, 7) is 7.61. The molecule has 0 unspecified atom stereocenters. The maximum Gasteiger partial charge on any atom is 0.328 e. The summed E-state index contributed by atoms with van der Waals surface area (Å²) in [6.07, 6.45) is 5.89. The predicted molar refractivity (Wildman–Crippen MR) is 95.4 cm³/mol. The minimum atomic E-state index is -0.538. The van der Waals surface area contributed by atoms with Crippen molar-refractivity contribution in [3.05, 3.63) is 44.8 Å². The summed E-state index contributed by atoms with van der Waals surface area (Å²) >= 11 is 0. The second kappa shape index (κ2) is 7.39. The quantitative estimate of drug-likeness (QED) is 0.802. The first-order valence-corrected chi connectivity index (χ1v) is 8.87. The number of H-pyrrole nitrogens is 1. The minimum absolute atomic E-state index is 0.0248. The maximum atomic E-state index is 12.7. The number of aromatic nitrogens is 2. The number of nitrogens with zero attached hydrogens (tertiary/aromatic N) is 3. The Labute approximate surface area is 146 Å². The summed E-state index contributed by atoms with van der Waals surface area (Å²) in [6, 6.07) is 1.65. The molecule has 1 amide bonds. The number of hydrogen-bond donors (Lipinski definition) is 1. The molecule has 3 saturated heterocycles. The number of piperidine rings is 1. The van der Waals surface area contributed by atoms with E-state index in [2.05, 4.69) is 29.8 Å². The van der Waals surface area contributed by atoms with Crippen LogP contribution < -0.4 is 11.2 Å². The molecule has 136 valence electrons. The van der Waals surface area contributed by atoms with Crippen molar-refractivity contribution in [1.29, 1.82) is 0 Å². The summed E-state index contributed by atoms with van der Waals surface area (Å²) in [5.41, 5.74) is 0.325. The van der Waals surface area contributed by atoms with Gasteiger partial charge >= 0.3 is 5.69 Å². The highest BCUT2D eigenvalue weighted by molar-refractivity contribution is 5.76. The fraction of sp³-hybridized carbons (Fsp3) is 0.611. The second-order valence-electron chi connectivity index (χ2n) is 7.37. The molecule has 3 aliphatic rings. The first kappa shape index (κ1) is 17.7. The molecule has 4 rings (SSSR count). The zero-order valence-electron chi connectivity index (χ0n) is 14.9. The van der Waals surface area contributed by atoms with E-state index in [0.29, 0.717) is 18.5 Å². The summed E-state index contributed by atoms with van der Waals surface area (Å²) in [7, 11) is 0. The lowest BCUT2D eigenvalue weighted by molar-refractivity contribution is -0.132. The van der Waals surface area contributed by atoms with Crippen LogP contribution in [0.25, 0.3) is 0 Å². The van der Waals surface area contributed by atoms with Crippen LogP contribution in [0, 0.1) is 5.92 Å². The summed E-state index contributed by atoms with van der Waals surface area (Å²) in [5.74, 6) is 0.427. The van der Waals surface area contributed by atoms with E-state index in [1.165, 1.54) is 22.4 Å². The molecule has 2 atom stereocenters. The van der Waals surface area contributed by atoms with E-state index in [1.54, 1.807) is 0 Å². The fourth-order valence-electron chi connectivity index (χ4n) is 3.72. The molecule has 3 fully saturated rings. The van der Waals surface area contributed by atoms with Crippen molar-refractivity contribution in [3.63, 3.8) is 0 Å². The van der Waals surface area contributed by atoms with Crippen LogP contribution in [0.1, 0.15) is 26.7 Å². The zero-order valence-corrected chi connectivity index (χ0v) is 14.9. The standard InChI is InChI=1S/C18H26N4O3/c1-13(2)5-7-20-9-14-3-4-15(20)11-22(10-14)17(24)12-21-8-6-16(23)19-18(21)25/h5-6,8,14-15H,3-4,7,9-12H2,1-2H3,(H,19,23,25)/t14-,15-/m1/s1. The number of carbonyl (C=O) groups excluding carboxylic acids is 1. The van der Waals surface area contributed by atoms with Crippen molar-refractivity contribution in [1.82, 2.24) is 19.4 Å². The Hall–Kier alpha value is -2.15. The van der Waals surface area contributed by atoms with Crippen LogP contribution in [0.4, 0.5) is 0 Å². The van der Waals surface area contributed by atoms with Gasteiger partial charge in [0.2, 0.25) is 5.91 Å². The van der Waals surface area contributed by atoms with Crippen molar-refractivity contribution < 1.29 is 4.79 Å². The molecule has 0 aromatic carbocycles. The third kappa shape index (κ3) is 4.28. The van der Waals surface area contributed by atoms with Gasteiger partial charge in [0.25, 0.3) is 5.56 Å². The lowest BCUT2D eigenvalue weighted by Crippen LogP contribution is -2.45. The number of aromatic amines is 1. The van der Waals surface area contributed by atoms with Gasteiger partial charge in [0.15, 0.2) is 0 Å². The number of hydrogen-bond acceptors (Lipinski definition) is 4. The van der Waals surface area contributed by atoms with E-state index >= 15 is 0 Å². The molecule has 1 aromatic rings. The minimum Gasteiger partial charge on any atom is -0.339 e. The largest absolute Gasteiger partial charge is 0.339 e. The van der Waals surface area contributed by atoms with Gasteiger partial charge < -0.3 is 4.90 Å². The van der Waals surface area contributed by atoms with Crippen LogP contribution in [0.2, 0.25) is 0 Å². The number of amides is 1. The second-order valence-corrected chi connectivity index (χ2v) is 7.37. The Morgan fingerprint density at radius 2 is 2.04 bits per heavy atom. The van der Waals surface area contributed by atoms with Gasteiger partial charge in [0.1, 0.15) is 6.54 Å². The van der Waals surface area contributed by atoms with Crippen LogP contribution in [-0.2, 0) is 11.3 Å². The Balaban J connectivity index is 1.69. The van der Waals surface area contributed by atoms with E-state index in [1.807, 2.05) is 4.90 Å². The molecule has 25 heavy (non-hydrogen) atoms. The molecule has 0 saturated carbocycles. The van der Waals surface area contributed by atoms with Crippen LogP contribution in [-0.4, -0.2) is 57.5 Å². The molecule has 1 N–H and O–H groups in total. The molecule has 0 aliphatic carbocycles. The van der Waals surface area contributed by atoms with E-state index in [0.717, 1.165) is 32.5 Å². The average molecular weight is 346 g/mol. The molecule has 7 nitrogen and oxygen atoms in total. The third-order valence-corrected chi connectivity index (χ3v) is 5.12. The topological polar surface area (TPSA) is 78.4 Å². The lowest BCUT2D eigenvalue weighted by atomic mass is 9.95. The van der Waals surface area contributed by atoms with Crippen LogP contribution in [0.15, 0.2) is 33.5 Å². The van der Waals surface area contributed by atoms with Crippen LogP contribution in [0.3, 0.4) is 0 Å². The number of fused-ring (bicyclic) bond motifs is 4. The van der Waals surface area contributed by atoms with E-state index in [4.69, 9.17) is 0 Å². The summed E-state index contributed by atoms with van der Waals surface area (Å²) in [5, 5.41) is 0. The molecule has 3 aliphatic heterocycles. The van der Waals surface area contributed by atoms with Gasteiger partial charge in [0, 0.05) is 44.5 Å². The van der Waals surface area contributed by atoms with Gasteiger partial charge in [-0.25, -0.2) is 4.79 Å². The molecular weight excluding hydrogens is 320 g/mol.